The second-order valence-corrected chi connectivity index (χ2v) is 6.83. The van der Waals surface area contributed by atoms with E-state index >= 15 is 0 Å². The molecule has 7 heteroatoms. The normalized spacial score (nSPS) is 19.4. The molecular weight excluding hydrogens is 297 g/mol. The van der Waals surface area contributed by atoms with E-state index in [2.05, 4.69) is 0 Å². The number of hydrogen-bond donors (Lipinski definition) is 2. The summed E-state index contributed by atoms with van der Waals surface area (Å²) in [5, 5.41) is 19.6. The summed E-state index contributed by atoms with van der Waals surface area (Å²) in [5.41, 5.74) is 0.879. The van der Waals surface area contributed by atoms with Crippen LogP contribution in [0.15, 0.2) is 24.4 Å². The Morgan fingerprint density at radius 3 is 2.35 bits per heavy atom. The van der Waals surface area contributed by atoms with Gasteiger partial charge in [-0.15, -0.1) is 0 Å². The molecule has 1 aromatic heterocycles. The molecule has 6 nitrogen and oxygen atoms in total. The molecule has 1 aromatic carbocycles. The van der Waals surface area contributed by atoms with Crippen molar-refractivity contribution < 1.29 is 24.3 Å². The van der Waals surface area contributed by atoms with Gasteiger partial charge < -0.3 is 19.5 Å². The van der Waals surface area contributed by atoms with Crippen LogP contribution in [0, 0.1) is 0 Å². The molecule has 0 spiro atoms. The molecule has 1 fully saturated rings. The van der Waals surface area contributed by atoms with Crippen LogP contribution in [0.5, 0.6) is 0 Å². The summed E-state index contributed by atoms with van der Waals surface area (Å²) in [6.45, 7) is 7.64. The molecule has 1 saturated heterocycles. The van der Waals surface area contributed by atoms with Crippen LogP contribution in [0.1, 0.15) is 33.3 Å². The Bertz CT molecular complexity index is 764. The van der Waals surface area contributed by atoms with Gasteiger partial charge in [-0.05, 0) is 50.9 Å². The van der Waals surface area contributed by atoms with Crippen LogP contribution in [0.25, 0.3) is 10.9 Å². The first-order chi connectivity index (χ1) is 10.7. The first-order valence-electron chi connectivity index (χ1n) is 7.50. The van der Waals surface area contributed by atoms with Gasteiger partial charge in [0.25, 0.3) is 0 Å². The molecule has 122 valence electrons. The minimum atomic E-state index is -1.07. The number of benzene rings is 1. The highest BCUT2D eigenvalue weighted by molar-refractivity contribution is 6.62. The number of rotatable bonds is 2. The smallest absolute Gasteiger partial charge is 0.464 e. The second kappa shape index (κ2) is 5.09. The van der Waals surface area contributed by atoms with Crippen molar-refractivity contribution in [2.24, 2.45) is 0 Å². The molecule has 0 aliphatic carbocycles. The molecule has 0 saturated carbocycles. The Morgan fingerprint density at radius 1 is 1.22 bits per heavy atom. The van der Waals surface area contributed by atoms with Crippen LogP contribution in [0.4, 0.5) is 4.79 Å². The third-order valence-corrected chi connectivity index (χ3v) is 4.82. The number of aromatic nitrogens is 1. The van der Waals surface area contributed by atoms with E-state index in [4.69, 9.17) is 9.31 Å². The van der Waals surface area contributed by atoms with Gasteiger partial charge in [-0.25, -0.2) is 4.79 Å². The zero-order valence-electron chi connectivity index (χ0n) is 13.7. The average molecular weight is 317 g/mol. The maximum Gasteiger partial charge on any atom is 0.494 e. The van der Waals surface area contributed by atoms with Gasteiger partial charge in [-0.3, -0.25) is 4.57 Å². The van der Waals surface area contributed by atoms with Crippen molar-refractivity contribution in [3.63, 3.8) is 0 Å². The van der Waals surface area contributed by atoms with Crippen LogP contribution in [-0.4, -0.2) is 39.2 Å². The highest BCUT2D eigenvalue weighted by Gasteiger charge is 2.51. The topological polar surface area (TPSA) is 80.9 Å². The van der Waals surface area contributed by atoms with E-state index in [1.807, 2.05) is 27.7 Å². The summed E-state index contributed by atoms with van der Waals surface area (Å²) < 4.78 is 13.2. The Balaban J connectivity index is 2.12. The summed E-state index contributed by atoms with van der Waals surface area (Å²) in [5.74, 6) is 0. The standard InChI is InChI=1S/C16H20BNO5/c1-15(2)16(3,4)23-17(22-15)11-7-10(9-19)12-5-6-18(14(20)21)13(12)8-11/h5-8,19H,9H2,1-4H3,(H,20,21). The molecule has 0 atom stereocenters. The van der Waals surface area contributed by atoms with Crippen molar-refractivity contribution in [1.29, 1.82) is 0 Å². The predicted octanol–water partition coefficient (Wildman–Crippen LogP) is 1.96. The van der Waals surface area contributed by atoms with E-state index in [1.54, 1.807) is 18.2 Å². The van der Waals surface area contributed by atoms with Gasteiger partial charge >= 0.3 is 13.2 Å². The molecule has 23 heavy (non-hydrogen) atoms. The number of aliphatic hydroxyl groups is 1. The summed E-state index contributed by atoms with van der Waals surface area (Å²) in [4.78, 5) is 11.4. The average Bonchev–Trinajstić information content (AvgIpc) is 2.96. The van der Waals surface area contributed by atoms with Gasteiger partial charge in [-0.2, -0.15) is 0 Å². The number of hydrogen-bond acceptors (Lipinski definition) is 4. The number of fused-ring (bicyclic) bond motifs is 1. The summed E-state index contributed by atoms with van der Waals surface area (Å²) in [6, 6.07) is 5.23. The molecule has 2 heterocycles. The summed E-state index contributed by atoms with van der Waals surface area (Å²) in [7, 11) is -0.605. The lowest BCUT2D eigenvalue weighted by Crippen LogP contribution is -2.41. The number of carbonyl (C=O) groups is 1. The van der Waals surface area contributed by atoms with Crippen molar-refractivity contribution in [1.82, 2.24) is 4.57 Å². The zero-order chi connectivity index (χ0) is 17.0. The Hall–Kier alpha value is -1.83. The second-order valence-electron chi connectivity index (χ2n) is 6.83. The first-order valence-corrected chi connectivity index (χ1v) is 7.50. The fourth-order valence-electron chi connectivity index (χ4n) is 2.75. The number of carboxylic acid groups (broad SMARTS) is 1. The largest absolute Gasteiger partial charge is 0.494 e. The van der Waals surface area contributed by atoms with E-state index in [-0.39, 0.29) is 6.61 Å². The van der Waals surface area contributed by atoms with Crippen LogP contribution in [0.2, 0.25) is 0 Å². The lowest BCUT2D eigenvalue weighted by Gasteiger charge is -2.32. The van der Waals surface area contributed by atoms with Crippen LogP contribution in [0.3, 0.4) is 0 Å². The first kappa shape index (κ1) is 16.0. The maximum absolute atomic E-state index is 11.4. The summed E-state index contributed by atoms with van der Waals surface area (Å²) >= 11 is 0. The molecule has 0 amide bonds. The van der Waals surface area contributed by atoms with Crippen molar-refractivity contribution in [2.45, 2.75) is 45.5 Å². The molecule has 2 N–H and O–H groups in total. The highest BCUT2D eigenvalue weighted by atomic mass is 16.7. The Morgan fingerprint density at radius 2 is 1.83 bits per heavy atom. The molecular formula is C16H20BNO5. The van der Waals surface area contributed by atoms with E-state index in [0.29, 0.717) is 21.9 Å². The van der Waals surface area contributed by atoms with Gasteiger partial charge in [0.1, 0.15) is 0 Å². The quantitative estimate of drug-likeness (QED) is 0.828. The molecule has 3 rings (SSSR count). The lowest BCUT2D eigenvalue weighted by molar-refractivity contribution is 0.00578. The van der Waals surface area contributed by atoms with Gasteiger partial charge in [0.15, 0.2) is 0 Å². The molecule has 1 aliphatic heterocycles. The Kier molecular flexibility index (Phi) is 3.55. The van der Waals surface area contributed by atoms with E-state index in [0.717, 1.165) is 4.57 Å². The third-order valence-electron chi connectivity index (χ3n) is 4.82. The molecule has 1 aliphatic rings. The van der Waals surface area contributed by atoms with Crippen LogP contribution >= 0.6 is 0 Å². The lowest BCUT2D eigenvalue weighted by atomic mass is 9.78. The van der Waals surface area contributed by atoms with Crippen molar-refractivity contribution in [2.75, 3.05) is 0 Å². The molecule has 2 aromatic rings. The van der Waals surface area contributed by atoms with Gasteiger partial charge in [0, 0.05) is 11.6 Å². The van der Waals surface area contributed by atoms with Crippen LogP contribution < -0.4 is 5.46 Å². The van der Waals surface area contributed by atoms with Crippen molar-refractivity contribution in [3.8, 4) is 0 Å². The van der Waals surface area contributed by atoms with E-state index < -0.39 is 24.4 Å². The van der Waals surface area contributed by atoms with Gasteiger partial charge in [0.2, 0.25) is 0 Å². The fraction of sp³-hybridized carbons (Fsp3) is 0.438. The van der Waals surface area contributed by atoms with Gasteiger partial charge in [-0.1, -0.05) is 6.07 Å². The number of aliphatic hydroxyl groups excluding tert-OH is 1. The minimum Gasteiger partial charge on any atom is -0.464 e. The molecule has 0 radical (unpaired) electrons. The predicted molar refractivity (Wildman–Crippen MR) is 87.0 cm³/mol. The summed E-state index contributed by atoms with van der Waals surface area (Å²) in [6.07, 6.45) is 0.398. The Labute approximate surface area is 134 Å². The van der Waals surface area contributed by atoms with Gasteiger partial charge in [0.05, 0.1) is 23.3 Å². The minimum absolute atomic E-state index is 0.187. The van der Waals surface area contributed by atoms with Crippen molar-refractivity contribution >= 4 is 29.6 Å². The SMILES string of the molecule is CC1(C)OB(c2cc(CO)c3ccn(C(=O)O)c3c2)OC1(C)C. The monoisotopic (exact) mass is 317 g/mol. The third kappa shape index (κ3) is 2.45. The zero-order valence-corrected chi connectivity index (χ0v) is 13.7. The highest BCUT2D eigenvalue weighted by Crippen LogP contribution is 2.36. The molecule has 0 bridgehead atoms. The van der Waals surface area contributed by atoms with Crippen molar-refractivity contribution in [3.05, 3.63) is 30.0 Å². The fourth-order valence-corrected chi connectivity index (χ4v) is 2.75. The number of nitrogens with zero attached hydrogens (tertiary/aromatic N) is 1. The van der Waals surface area contributed by atoms with Crippen LogP contribution in [-0.2, 0) is 15.9 Å². The molecule has 0 unspecified atom stereocenters. The maximum atomic E-state index is 11.4. The van der Waals surface area contributed by atoms with E-state index in [1.165, 1.54) is 6.20 Å². The van der Waals surface area contributed by atoms with E-state index in [9.17, 15) is 15.0 Å².